The molecule has 0 saturated carbocycles. The van der Waals surface area contributed by atoms with Crippen LogP contribution in [0.15, 0.2) is 6.07 Å². The maximum Gasteiger partial charge on any atom is 0.393 e. The topological polar surface area (TPSA) is 26.0 Å². The molecular weight excluding hydrogens is 229 g/mol. The average molecular weight is 239 g/mol. The molecule has 16 heavy (non-hydrogen) atoms. The predicted molar refractivity (Wildman–Crippen MR) is 49.9 cm³/mol. The summed E-state index contributed by atoms with van der Waals surface area (Å²) in [7, 11) is 0. The van der Waals surface area contributed by atoms with Gasteiger partial charge in [0, 0.05) is 5.56 Å². The quantitative estimate of drug-likeness (QED) is 0.622. The van der Waals surface area contributed by atoms with Gasteiger partial charge in [-0.1, -0.05) is 6.92 Å². The fourth-order valence-corrected chi connectivity index (χ4v) is 1.45. The molecule has 0 heterocycles. The Morgan fingerprint density at radius 2 is 1.75 bits per heavy atom. The first-order valence-electron chi connectivity index (χ1n) is 4.58. The molecule has 1 rings (SSSR count). The van der Waals surface area contributed by atoms with Crippen LogP contribution in [0.5, 0.6) is 0 Å². The van der Waals surface area contributed by atoms with Crippen molar-refractivity contribution >= 4 is 5.69 Å². The summed E-state index contributed by atoms with van der Waals surface area (Å²) in [5.41, 5.74) is 4.07. The van der Waals surface area contributed by atoms with Gasteiger partial charge in [-0.25, -0.2) is 8.78 Å². The summed E-state index contributed by atoms with van der Waals surface area (Å²) in [6.07, 6.45) is -5.90. The maximum absolute atomic E-state index is 13.3. The summed E-state index contributed by atoms with van der Waals surface area (Å²) < 4.78 is 62.7. The van der Waals surface area contributed by atoms with Crippen molar-refractivity contribution in [1.29, 1.82) is 0 Å². The fourth-order valence-electron chi connectivity index (χ4n) is 1.45. The Kier molecular flexibility index (Phi) is 3.40. The third-order valence-electron chi connectivity index (χ3n) is 2.19. The highest BCUT2D eigenvalue weighted by atomic mass is 19.4. The van der Waals surface area contributed by atoms with Crippen LogP contribution in [0.3, 0.4) is 0 Å². The van der Waals surface area contributed by atoms with Gasteiger partial charge in [0.25, 0.3) is 0 Å². The molecule has 0 bridgehead atoms. The van der Waals surface area contributed by atoms with Crippen LogP contribution in [-0.4, -0.2) is 6.18 Å². The van der Waals surface area contributed by atoms with Crippen LogP contribution in [0.25, 0.3) is 0 Å². The largest absolute Gasteiger partial charge is 0.396 e. The monoisotopic (exact) mass is 239 g/mol. The summed E-state index contributed by atoms with van der Waals surface area (Å²) in [6, 6.07) is 1.04. The van der Waals surface area contributed by atoms with E-state index >= 15 is 0 Å². The number of benzene rings is 1. The lowest BCUT2D eigenvalue weighted by atomic mass is 10.00. The highest BCUT2D eigenvalue weighted by Crippen LogP contribution is 2.29. The lowest BCUT2D eigenvalue weighted by Crippen LogP contribution is -2.16. The van der Waals surface area contributed by atoms with E-state index in [2.05, 4.69) is 0 Å². The maximum atomic E-state index is 13.3. The lowest BCUT2D eigenvalue weighted by molar-refractivity contribution is -0.127. The van der Waals surface area contributed by atoms with Crippen LogP contribution in [0.2, 0.25) is 0 Å². The summed E-state index contributed by atoms with van der Waals surface area (Å²) in [4.78, 5) is 0. The Hall–Kier alpha value is -1.33. The van der Waals surface area contributed by atoms with Crippen LogP contribution < -0.4 is 5.73 Å². The molecule has 0 aliphatic rings. The van der Waals surface area contributed by atoms with Crippen molar-refractivity contribution in [3.63, 3.8) is 0 Å². The number of nitrogens with two attached hydrogens (primary N) is 1. The number of anilines is 1. The first-order chi connectivity index (χ1) is 7.26. The van der Waals surface area contributed by atoms with Crippen LogP contribution in [0, 0.1) is 11.6 Å². The average Bonchev–Trinajstić information content (AvgIpc) is 2.17. The van der Waals surface area contributed by atoms with E-state index in [0.717, 1.165) is 6.07 Å². The molecule has 0 aromatic heterocycles. The normalized spacial score (nSPS) is 11.9. The van der Waals surface area contributed by atoms with Gasteiger partial charge in [-0.15, -0.1) is 0 Å². The summed E-state index contributed by atoms with van der Waals surface area (Å²) in [6.45, 7) is 1.55. The third kappa shape index (κ3) is 2.62. The van der Waals surface area contributed by atoms with Crippen LogP contribution in [0.4, 0.5) is 27.6 Å². The molecule has 0 unspecified atom stereocenters. The van der Waals surface area contributed by atoms with E-state index in [1.165, 1.54) is 0 Å². The van der Waals surface area contributed by atoms with Gasteiger partial charge in [-0.2, -0.15) is 13.2 Å². The van der Waals surface area contributed by atoms with Gasteiger partial charge in [0.2, 0.25) is 0 Å². The number of aryl methyl sites for hydroxylation is 1. The number of alkyl halides is 3. The number of halogens is 5. The number of rotatable bonds is 2. The minimum atomic E-state index is -4.58. The van der Waals surface area contributed by atoms with Crippen molar-refractivity contribution < 1.29 is 22.0 Å². The van der Waals surface area contributed by atoms with Gasteiger partial charge >= 0.3 is 6.18 Å². The van der Waals surface area contributed by atoms with Crippen LogP contribution >= 0.6 is 0 Å². The van der Waals surface area contributed by atoms with Gasteiger partial charge < -0.3 is 5.73 Å². The molecule has 90 valence electrons. The molecule has 1 aromatic rings. The Bertz CT molecular complexity index is 397. The van der Waals surface area contributed by atoms with Crippen molar-refractivity contribution in [1.82, 2.24) is 0 Å². The molecule has 1 aromatic carbocycles. The molecule has 0 saturated heterocycles. The van der Waals surface area contributed by atoms with Gasteiger partial charge in [-0.05, 0) is 18.1 Å². The summed E-state index contributed by atoms with van der Waals surface area (Å²) >= 11 is 0. The molecule has 0 radical (unpaired) electrons. The fraction of sp³-hybridized carbons (Fsp3) is 0.400. The molecule has 0 aliphatic carbocycles. The van der Waals surface area contributed by atoms with Crippen molar-refractivity contribution in [2.75, 3.05) is 5.73 Å². The van der Waals surface area contributed by atoms with Gasteiger partial charge in [0.1, 0.15) is 0 Å². The van der Waals surface area contributed by atoms with Gasteiger partial charge in [0.05, 0.1) is 12.1 Å². The third-order valence-corrected chi connectivity index (χ3v) is 2.19. The molecule has 0 amide bonds. The Morgan fingerprint density at radius 1 is 1.19 bits per heavy atom. The molecular formula is C10H10F5N. The second kappa shape index (κ2) is 4.27. The van der Waals surface area contributed by atoms with E-state index in [1.54, 1.807) is 6.92 Å². The Morgan fingerprint density at radius 3 is 2.19 bits per heavy atom. The second-order valence-electron chi connectivity index (χ2n) is 3.38. The van der Waals surface area contributed by atoms with E-state index in [0.29, 0.717) is 0 Å². The van der Waals surface area contributed by atoms with Crippen molar-refractivity contribution in [2.24, 2.45) is 0 Å². The Labute approximate surface area is 89.1 Å². The Balaban J connectivity index is 3.30. The minimum absolute atomic E-state index is 0.0775. The van der Waals surface area contributed by atoms with E-state index in [4.69, 9.17) is 5.73 Å². The number of hydrogen-bond donors (Lipinski definition) is 1. The molecule has 0 atom stereocenters. The number of nitrogen functional groups attached to an aromatic ring is 1. The second-order valence-corrected chi connectivity index (χ2v) is 3.38. The van der Waals surface area contributed by atoms with Crippen molar-refractivity contribution in [2.45, 2.75) is 25.9 Å². The molecule has 0 fully saturated rings. The molecule has 0 spiro atoms. The van der Waals surface area contributed by atoms with E-state index in [-0.39, 0.29) is 12.0 Å². The lowest BCUT2D eigenvalue weighted by Gasteiger charge is -2.13. The molecule has 6 heteroatoms. The van der Waals surface area contributed by atoms with Crippen LogP contribution in [0.1, 0.15) is 18.1 Å². The first kappa shape index (κ1) is 12.7. The molecule has 1 nitrogen and oxygen atoms in total. The zero-order valence-corrected chi connectivity index (χ0v) is 8.46. The standard InChI is InChI=1S/C10H10F5N/c1-2-5-3-7(16)9(12)8(11)6(5)4-10(13,14)15/h3H,2,4,16H2,1H3. The van der Waals surface area contributed by atoms with Gasteiger partial charge in [-0.3, -0.25) is 0 Å². The van der Waals surface area contributed by atoms with Crippen molar-refractivity contribution in [3.05, 3.63) is 28.8 Å². The van der Waals surface area contributed by atoms with Crippen molar-refractivity contribution in [3.8, 4) is 0 Å². The predicted octanol–water partition coefficient (Wildman–Crippen LogP) is 3.21. The van der Waals surface area contributed by atoms with Crippen LogP contribution in [-0.2, 0) is 12.8 Å². The summed E-state index contributed by atoms with van der Waals surface area (Å²) in [5.74, 6) is -2.93. The van der Waals surface area contributed by atoms with E-state index < -0.39 is 35.5 Å². The zero-order chi connectivity index (χ0) is 12.5. The highest BCUT2D eigenvalue weighted by Gasteiger charge is 2.31. The summed E-state index contributed by atoms with van der Waals surface area (Å²) in [5, 5.41) is 0. The van der Waals surface area contributed by atoms with E-state index in [1.807, 2.05) is 0 Å². The molecule has 2 N–H and O–H groups in total. The smallest absolute Gasteiger partial charge is 0.393 e. The highest BCUT2D eigenvalue weighted by molar-refractivity contribution is 5.47. The number of hydrogen-bond acceptors (Lipinski definition) is 1. The molecule has 0 aliphatic heterocycles. The minimum Gasteiger partial charge on any atom is -0.396 e. The SMILES string of the molecule is CCc1cc(N)c(F)c(F)c1CC(F)(F)F. The first-order valence-corrected chi connectivity index (χ1v) is 4.58. The van der Waals surface area contributed by atoms with E-state index in [9.17, 15) is 22.0 Å². The zero-order valence-electron chi connectivity index (χ0n) is 8.46. The van der Waals surface area contributed by atoms with Gasteiger partial charge in [0.15, 0.2) is 11.6 Å².